The number of esters is 1. The van der Waals surface area contributed by atoms with Crippen LogP contribution in [0.25, 0.3) is 0 Å². The molecule has 164 valence electrons. The molecule has 0 unspecified atom stereocenters. The summed E-state index contributed by atoms with van der Waals surface area (Å²) in [6, 6.07) is 9.79. The van der Waals surface area contributed by atoms with E-state index in [0.717, 1.165) is 0 Å². The van der Waals surface area contributed by atoms with Crippen LogP contribution in [0.5, 0.6) is 0 Å². The van der Waals surface area contributed by atoms with Gasteiger partial charge in [0, 0.05) is 29.6 Å². The number of carbonyl (C=O) groups is 4. The van der Waals surface area contributed by atoms with Crippen molar-refractivity contribution in [1.29, 1.82) is 0 Å². The fourth-order valence-electron chi connectivity index (χ4n) is 4.25. The van der Waals surface area contributed by atoms with Crippen LogP contribution in [-0.4, -0.2) is 46.2 Å². The van der Waals surface area contributed by atoms with E-state index in [-0.39, 0.29) is 36.0 Å². The molecule has 1 aliphatic rings. The highest BCUT2D eigenvalue weighted by molar-refractivity contribution is 7.12. The number of anilines is 1. The monoisotopic (exact) mass is 442 g/mol. The van der Waals surface area contributed by atoms with Crippen molar-refractivity contribution in [3.8, 4) is 0 Å². The summed E-state index contributed by atoms with van der Waals surface area (Å²) in [5, 5.41) is 4.58. The van der Waals surface area contributed by atoms with E-state index >= 15 is 0 Å². The Balaban J connectivity index is 1.59. The summed E-state index contributed by atoms with van der Waals surface area (Å²) in [6.45, 7) is 6.96. The third-order valence-corrected chi connectivity index (χ3v) is 6.04. The standard InChI is InChI=1S/C23H26N2O5S/c1-22(2)12-17(26)13-23(3,4)25(22)19(27)14-30-21(29)15-7-9-16(10-8-15)24-20(28)18-6-5-11-31-18/h5-11H,12-14H2,1-4H3,(H,24,28). The Kier molecular flexibility index (Phi) is 6.31. The molecule has 2 aromatic rings. The number of ether oxygens (including phenoxy) is 1. The molecule has 3 rings (SSSR count). The van der Waals surface area contributed by atoms with Crippen molar-refractivity contribution in [3.63, 3.8) is 0 Å². The number of Topliss-reactive ketones (excluding diaryl/α,β-unsaturated/α-hetero) is 1. The number of carbonyl (C=O) groups excluding carboxylic acids is 4. The molecule has 2 amide bonds. The van der Waals surface area contributed by atoms with E-state index in [1.165, 1.54) is 23.5 Å². The summed E-state index contributed by atoms with van der Waals surface area (Å²) in [5.41, 5.74) is -0.475. The maximum absolute atomic E-state index is 12.9. The van der Waals surface area contributed by atoms with Gasteiger partial charge in [0.2, 0.25) is 0 Å². The van der Waals surface area contributed by atoms with Crippen LogP contribution in [0.15, 0.2) is 41.8 Å². The first kappa shape index (κ1) is 22.7. The lowest BCUT2D eigenvalue weighted by atomic mass is 9.79. The van der Waals surface area contributed by atoms with Crippen molar-refractivity contribution in [2.75, 3.05) is 11.9 Å². The minimum Gasteiger partial charge on any atom is -0.452 e. The van der Waals surface area contributed by atoms with E-state index in [4.69, 9.17) is 4.74 Å². The van der Waals surface area contributed by atoms with Gasteiger partial charge >= 0.3 is 5.97 Å². The largest absolute Gasteiger partial charge is 0.452 e. The van der Waals surface area contributed by atoms with Gasteiger partial charge in [-0.05, 0) is 63.4 Å². The summed E-state index contributed by atoms with van der Waals surface area (Å²) in [7, 11) is 0. The Morgan fingerprint density at radius 1 is 1.03 bits per heavy atom. The SMILES string of the molecule is CC1(C)CC(=O)CC(C)(C)N1C(=O)COC(=O)c1ccc(NC(=O)c2cccs2)cc1. The van der Waals surface area contributed by atoms with Crippen LogP contribution in [-0.2, 0) is 14.3 Å². The quantitative estimate of drug-likeness (QED) is 0.709. The smallest absolute Gasteiger partial charge is 0.338 e. The molecule has 7 nitrogen and oxygen atoms in total. The molecule has 1 aliphatic heterocycles. The summed E-state index contributed by atoms with van der Waals surface area (Å²) in [6.07, 6.45) is 0.545. The highest BCUT2D eigenvalue weighted by Crippen LogP contribution is 2.36. The number of hydrogen-bond acceptors (Lipinski definition) is 6. The Hall–Kier alpha value is -3.00. The second-order valence-electron chi connectivity index (χ2n) is 8.83. The molecule has 1 aromatic carbocycles. The van der Waals surface area contributed by atoms with Crippen LogP contribution in [0.2, 0.25) is 0 Å². The minimum atomic E-state index is -0.648. The van der Waals surface area contributed by atoms with E-state index in [0.29, 0.717) is 10.6 Å². The van der Waals surface area contributed by atoms with Crippen LogP contribution in [0, 0.1) is 0 Å². The number of nitrogens with zero attached hydrogens (tertiary/aromatic N) is 1. The number of benzene rings is 1. The van der Waals surface area contributed by atoms with Gasteiger partial charge in [-0.3, -0.25) is 14.4 Å². The molecule has 0 spiro atoms. The van der Waals surface area contributed by atoms with Crippen LogP contribution in [0.3, 0.4) is 0 Å². The second-order valence-corrected chi connectivity index (χ2v) is 9.78. The number of rotatable bonds is 5. The van der Waals surface area contributed by atoms with Gasteiger partial charge in [0.25, 0.3) is 11.8 Å². The fraction of sp³-hybridized carbons (Fsp3) is 0.391. The van der Waals surface area contributed by atoms with Gasteiger partial charge in [0.05, 0.1) is 10.4 Å². The second kappa shape index (κ2) is 8.63. The Morgan fingerprint density at radius 2 is 1.65 bits per heavy atom. The molecule has 0 radical (unpaired) electrons. The Bertz CT molecular complexity index is 973. The topological polar surface area (TPSA) is 92.8 Å². The number of hydrogen-bond donors (Lipinski definition) is 1. The number of amides is 2. The average molecular weight is 443 g/mol. The predicted octanol–water partition coefficient (Wildman–Crippen LogP) is 3.91. The molecule has 0 saturated carbocycles. The van der Waals surface area contributed by atoms with E-state index < -0.39 is 23.7 Å². The first-order valence-electron chi connectivity index (χ1n) is 9.96. The summed E-state index contributed by atoms with van der Waals surface area (Å²) < 4.78 is 5.24. The molecule has 8 heteroatoms. The minimum absolute atomic E-state index is 0.113. The Labute approximate surface area is 185 Å². The molecular formula is C23H26N2O5S. The highest BCUT2D eigenvalue weighted by Gasteiger charge is 2.47. The molecule has 0 aliphatic carbocycles. The lowest BCUT2D eigenvalue weighted by Gasteiger charge is -2.51. The Morgan fingerprint density at radius 3 is 2.19 bits per heavy atom. The van der Waals surface area contributed by atoms with Crippen molar-refractivity contribution in [3.05, 3.63) is 52.2 Å². The normalized spacial score (nSPS) is 17.2. The zero-order valence-electron chi connectivity index (χ0n) is 18.1. The average Bonchev–Trinajstić information content (AvgIpc) is 3.19. The fourth-order valence-corrected chi connectivity index (χ4v) is 4.86. The van der Waals surface area contributed by atoms with Gasteiger partial charge in [-0.15, -0.1) is 11.3 Å². The molecule has 1 aromatic heterocycles. The first-order chi connectivity index (χ1) is 14.5. The van der Waals surface area contributed by atoms with Crippen molar-refractivity contribution in [2.45, 2.75) is 51.6 Å². The van der Waals surface area contributed by atoms with Gasteiger partial charge in [-0.2, -0.15) is 0 Å². The lowest BCUT2D eigenvalue weighted by molar-refractivity contribution is -0.156. The number of thiophene rings is 1. The predicted molar refractivity (Wildman–Crippen MR) is 118 cm³/mol. The van der Waals surface area contributed by atoms with Crippen LogP contribution in [0.1, 0.15) is 60.6 Å². The van der Waals surface area contributed by atoms with E-state index in [1.807, 2.05) is 33.1 Å². The van der Waals surface area contributed by atoms with Crippen molar-refractivity contribution < 1.29 is 23.9 Å². The first-order valence-corrected chi connectivity index (χ1v) is 10.8. The summed E-state index contributed by atoms with van der Waals surface area (Å²) >= 11 is 1.34. The lowest BCUT2D eigenvalue weighted by Crippen LogP contribution is -2.63. The van der Waals surface area contributed by atoms with Crippen molar-refractivity contribution >= 4 is 40.6 Å². The third kappa shape index (κ3) is 5.19. The number of ketones is 1. The zero-order valence-corrected chi connectivity index (χ0v) is 18.9. The number of likely N-dealkylation sites (tertiary alicyclic amines) is 1. The summed E-state index contributed by atoms with van der Waals surface area (Å²) in [5.74, 6) is -1.08. The molecule has 0 bridgehead atoms. The van der Waals surface area contributed by atoms with Gasteiger partial charge in [-0.1, -0.05) is 6.07 Å². The van der Waals surface area contributed by atoms with E-state index in [2.05, 4.69) is 5.32 Å². The van der Waals surface area contributed by atoms with Gasteiger partial charge in [-0.25, -0.2) is 4.79 Å². The van der Waals surface area contributed by atoms with Crippen LogP contribution >= 0.6 is 11.3 Å². The van der Waals surface area contributed by atoms with Gasteiger partial charge < -0.3 is 15.0 Å². The zero-order chi connectivity index (χ0) is 22.8. The summed E-state index contributed by atoms with van der Waals surface area (Å²) in [4.78, 5) is 51.6. The van der Waals surface area contributed by atoms with Crippen LogP contribution in [0.4, 0.5) is 5.69 Å². The third-order valence-electron chi connectivity index (χ3n) is 5.17. The molecule has 31 heavy (non-hydrogen) atoms. The van der Waals surface area contributed by atoms with Gasteiger partial charge in [0.1, 0.15) is 5.78 Å². The van der Waals surface area contributed by atoms with E-state index in [9.17, 15) is 19.2 Å². The van der Waals surface area contributed by atoms with Crippen LogP contribution < -0.4 is 5.32 Å². The maximum Gasteiger partial charge on any atom is 0.338 e. The molecular weight excluding hydrogens is 416 g/mol. The molecule has 1 fully saturated rings. The number of nitrogens with one attached hydrogen (secondary N) is 1. The molecule has 1 N–H and O–H groups in total. The van der Waals surface area contributed by atoms with Crippen molar-refractivity contribution in [1.82, 2.24) is 4.90 Å². The number of piperidine rings is 1. The highest BCUT2D eigenvalue weighted by atomic mass is 32.1. The van der Waals surface area contributed by atoms with E-state index in [1.54, 1.807) is 29.2 Å². The molecule has 0 atom stereocenters. The molecule has 1 saturated heterocycles. The van der Waals surface area contributed by atoms with Crippen molar-refractivity contribution in [2.24, 2.45) is 0 Å². The van der Waals surface area contributed by atoms with Gasteiger partial charge in [0.15, 0.2) is 6.61 Å². The molecule has 2 heterocycles. The maximum atomic E-state index is 12.9.